The summed E-state index contributed by atoms with van der Waals surface area (Å²) in [6.07, 6.45) is 2.82. The van der Waals surface area contributed by atoms with Gasteiger partial charge in [0.2, 0.25) is 0 Å². The van der Waals surface area contributed by atoms with Gasteiger partial charge in [-0.25, -0.2) is 0 Å². The molecule has 0 radical (unpaired) electrons. The predicted octanol–water partition coefficient (Wildman–Crippen LogP) is 1.66. The Kier molecular flexibility index (Phi) is 6.60. The topological polar surface area (TPSA) is 157 Å². The molecule has 8 heteroatoms. The molecule has 148 valence electrons. The maximum Gasteiger partial charge on any atom is 0.255 e. The summed E-state index contributed by atoms with van der Waals surface area (Å²) in [5.41, 5.74) is 26.5. The number of nitrogens with two attached hydrogens (primary N) is 4. The molecule has 7 nitrogen and oxygen atoms in total. The minimum Gasteiger partial charge on any atom is -0.402 e. The summed E-state index contributed by atoms with van der Waals surface area (Å²) in [6, 6.07) is 3.41. The summed E-state index contributed by atoms with van der Waals surface area (Å²) in [5, 5.41) is 11.0. The predicted molar refractivity (Wildman–Crippen MR) is 114 cm³/mol. The highest BCUT2D eigenvalue weighted by atomic mass is 35.5. The fraction of sp³-hybridized carbons (Fsp3) is 0.300. The van der Waals surface area contributed by atoms with Gasteiger partial charge in [-0.1, -0.05) is 24.4 Å². The number of anilines is 1. The second-order valence-electron chi connectivity index (χ2n) is 6.53. The number of allylic oxidation sites excluding steroid dienone is 2. The SMILES string of the molecule is CCC1CCC(N)=C1c1cc(Cl)c(C#CC(=N)/C(C(N)=O)=C(\N)NC)cc1N. The van der Waals surface area contributed by atoms with Crippen molar-refractivity contribution >= 4 is 34.5 Å². The fourth-order valence-corrected chi connectivity index (χ4v) is 3.51. The molecule has 0 bridgehead atoms. The molecule has 1 unspecified atom stereocenters. The minimum atomic E-state index is -0.846. The number of hydrogen-bond donors (Lipinski definition) is 6. The van der Waals surface area contributed by atoms with Crippen molar-refractivity contribution in [1.29, 1.82) is 5.41 Å². The minimum absolute atomic E-state index is 0.0259. The van der Waals surface area contributed by atoms with Crippen LogP contribution in [0.25, 0.3) is 5.57 Å². The van der Waals surface area contributed by atoms with Gasteiger partial charge in [0.25, 0.3) is 5.91 Å². The van der Waals surface area contributed by atoms with E-state index in [1.807, 2.05) is 0 Å². The summed E-state index contributed by atoms with van der Waals surface area (Å²) in [6.45, 7) is 2.12. The molecule has 1 aliphatic carbocycles. The van der Waals surface area contributed by atoms with Gasteiger partial charge in [0.1, 0.15) is 17.1 Å². The largest absolute Gasteiger partial charge is 0.402 e. The van der Waals surface area contributed by atoms with Crippen LogP contribution in [0.2, 0.25) is 5.02 Å². The van der Waals surface area contributed by atoms with E-state index in [0.717, 1.165) is 36.1 Å². The van der Waals surface area contributed by atoms with Gasteiger partial charge in [0.15, 0.2) is 0 Å². The van der Waals surface area contributed by atoms with Crippen molar-refractivity contribution in [3.63, 3.8) is 0 Å². The van der Waals surface area contributed by atoms with Crippen molar-refractivity contribution in [3.8, 4) is 11.8 Å². The summed E-state index contributed by atoms with van der Waals surface area (Å²) < 4.78 is 0. The number of nitrogens with one attached hydrogen (secondary N) is 2. The van der Waals surface area contributed by atoms with Gasteiger partial charge in [-0.2, -0.15) is 0 Å². The van der Waals surface area contributed by atoms with Crippen LogP contribution in [0.4, 0.5) is 5.69 Å². The van der Waals surface area contributed by atoms with Crippen LogP contribution in [0.3, 0.4) is 0 Å². The number of hydrogen-bond acceptors (Lipinski definition) is 6. The first-order valence-electron chi connectivity index (χ1n) is 8.87. The molecule has 0 saturated carbocycles. The zero-order chi connectivity index (χ0) is 21.0. The zero-order valence-electron chi connectivity index (χ0n) is 15.9. The number of benzene rings is 1. The van der Waals surface area contributed by atoms with E-state index >= 15 is 0 Å². The van der Waals surface area contributed by atoms with E-state index in [0.29, 0.717) is 22.2 Å². The van der Waals surface area contributed by atoms with E-state index in [1.165, 1.54) is 7.05 Å². The van der Waals surface area contributed by atoms with Gasteiger partial charge in [-0.05, 0) is 48.8 Å². The Morgan fingerprint density at radius 3 is 2.61 bits per heavy atom. The van der Waals surface area contributed by atoms with E-state index in [2.05, 4.69) is 24.1 Å². The summed E-state index contributed by atoms with van der Waals surface area (Å²) in [5.74, 6) is 4.81. The molecule has 2 rings (SSSR count). The lowest BCUT2D eigenvalue weighted by Gasteiger charge is -2.16. The van der Waals surface area contributed by atoms with Gasteiger partial charge >= 0.3 is 0 Å². The van der Waals surface area contributed by atoms with Gasteiger partial charge < -0.3 is 28.3 Å². The molecule has 0 aromatic heterocycles. The van der Waals surface area contributed by atoms with Crippen molar-refractivity contribution in [3.05, 3.63) is 45.4 Å². The first kappa shape index (κ1) is 21.2. The van der Waals surface area contributed by atoms with Crippen LogP contribution in [0.15, 0.2) is 29.2 Å². The molecule has 10 N–H and O–H groups in total. The molecule has 0 fully saturated rings. The van der Waals surface area contributed by atoms with Gasteiger partial charge in [-0.15, -0.1) is 0 Å². The Morgan fingerprint density at radius 1 is 1.36 bits per heavy atom. The third-order valence-corrected chi connectivity index (χ3v) is 5.11. The van der Waals surface area contributed by atoms with Gasteiger partial charge in [0.05, 0.1) is 5.02 Å². The number of rotatable bonds is 5. The van der Waals surface area contributed by atoms with E-state index in [-0.39, 0.29) is 17.1 Å². The lowest BCUT2D eigenvalue weighted by molar-refractivity contribution is -0.114. The standard InChI is InChI=1S/C20H25ClN6O/c1-3-10-4-6-14(22)17(10)12-9-13(21)11(8-16(12)24)5-7-15(23)18(20(26)28)19(25)27-2/h8-10,23,27H,3-4,6,22,24-25H2,1-2H3,(H2,26,28)/b19-18-,23-15?. The molecule has 28 heavy (non-hydrogen) atoms. The Balaban J connectivity index is 2.43. The molecule has 0 spiro atoms. The van der Waals surface area contributed by atoms with Gasteiger partial charge in [0, 0.05) is 29.6 Å². The molecule has 1 aromatic carbocycles. The maximum atomic E-state index is 11.5. The van der Waals surface area contributed by atoms with Crippen molar-refractivity contribution in [1.82, 2.24) is 5.32 Å². The smallest absolute Gasteiger partial charge is 0.255 e. The Hall–Kier alpha value is -3.11. The lowest BCUT2D eigenvalue weighted by Crippen LogP contribution is -2.29. The summed E-state index contributed by atoms with van der Waals surface area (Å²) in [7, 11) is 1.52. The number of carbonyl (C=O) groups excluding carboxylic acids is 1. The average molecular weight is 401 g/mol. The molecule has 0 saturated heterocycles. The highest BCUT2D eigenvalue weighted by Gasteiger charge is 2.25. The molecule has 1 amide bonds. The quantitative estimate of drug-likeness (QED) is 0.192. The van der Waals surface area contributed by atoms with Crippen LogP contribution in [0.5, 0.6) is 0 Å². The van der Waals surface area contributed by atoms with Gasteiger partial charge in [-0.3, -0.25) is 10.2 Å². The van der Waals surface area contributed by atoms with Crippen molar-refractivity contribution in [2.24, 2.45) is 23.1 Å². The second kappa shape index (κ2) is 8.72. The third kappa shape index (κ3) is 4.24. The lowest BCUT2D eigenvalue weighted by atomic mass is 9.91. The molecular formula is C20H25ClN6O. The van der Waals surface area contributed by atoms with Crippen LogP contribution in [0, 0.1) is 23.2 Å². The van der Waals surface area contributed by atoms with E-state index in [9.17, 15) is 4.79 Å². The van der Waals surface area contributed by atoms with Crippen LogP contribution in [-0.4, -0.2) is 18.7 Å². The molecule has 0 aliphatic heterocycles. The first-order chi connectivity index (χ1) is 13.2. The number of halogens is 1. The normalized spacial score (nSPS) is 16.9. The van der Waals surface area contributed by atoms with E-state index < -0.39 is 5.91 Å². The number of nitrogen functional groups attached to an aromatic ring is 1. The number of carbonyl (C=O) groups is 1. The van der Waals surface area contributed by atoms with Crippen molar-refractivity contribution < 1.29 is 4.79 Å². The average Bonchev–Trinajstić information content (AvgIpc) is 3.02. The molecule has 1 aromatic rings. The highest BCUT2D eigenvalue weighted by molar-refractivity contribution is 6.32. The zero-order valence-corrected chi connectivity index (χ0v) is 16.7. The van der Waals surface area contributed by atoms with Crippen molar-refractivity contribution in [2.45, 2.75) is 26.2 Å². The van der Waals surface area contributed by atoms with Crippen molar-refractivity contribution in [2.75, 3.05) is 12.8 Å². The summed E-state index contributed by atoms with van der Waals surface area (Å²) in [4.78, 5) is 11.5. The molecular weight excluding hydrogens is 376 g/mol. The Bertz CT molecular complexity index is 951. The number of primary amides is 1. The van der Waals surface area contributed by atoms with Crippen LogP contribution >= 0.6 is 11.6 Å². The first-order valence-corrected chi connectivity index (χ1v) is 9.25. The maximum absolute atomic E-state index is 11.5. The monoisotopic (exact) mass is 400 g/mol. The van der Waals surface area contributed by atoms with E-state index in [1.54, 1.807) is 12.1 Å². The van der Waals surface area contributed by atoms with Crippen LogP contribution in [-0.2, 0) is 4.79 Å². The van der Waals surface area contributed by atoms with Crippen LogP contribution in [0.1, 0.15) is 37.3 Å². The van der Waals surface area contributed by atoms with Crippen LogP contribution < -0.4 is 28.3 Å². The molecule has 0 heterocycles. The third-order valence-electron chi connectivity index (χ3n) is 4.80. The fourth-order valence-electron chi connectivity index (χ4n) is 3.30. The number of amides is 1. The highest BCUT2D eigenvalue weighted by Crippen LogP contribution is 2.42. The molecule has 1 aliphatic rings. The summed E-state index contributed by atoms with van der Waals surface area (Å²) >= 11 is 6.40. The Labute approximate surface area is 169 Å². The van der Waals surface area contributed by atoms with E-state index in [4.69, 9.17) is 39.9 Å². The second-order valence-corrected chi connectivity index (χ2v) is 6.94. The Morgan fingerprint density at radius 2 is 2.04 bits per heavy atom. The molecule has 1 atom stereocenters.